The van der Waals surface area contributed by atoms with E-state index in [1.807, 2.05) is 33.8 Å². The van der Waals surface area contributed by atoms with Gasteiger partial charge < -0.3 is 14.2 Å². The summed E-state index contributed by atoms with van der Waals surface area (Å²) in [4.78, 5) is 12.7. The second-order valence-electron chi connectivity index (χ2n) is 7.53. The Morgan fingerprint density at radius 2 is 1.96 bits per heavy atom. The molecular weight excluding hydrogens is 289 g/mol. The lowest BCUT2D eigenvalue weighted by Crippen LogP contribution is -2.68. The van der Waals surface area contributed by atoms with Gasteiger partial charge in [0.15, 0.2) is 0 Å². The first-order valence-electron chi connectivity index (χ1n) is 7.79. The van der Waals surface area contributed by atoms with Crippen molar-refractivity contribution >= 4 is 29.3 Å². The van der Waals surface area contributed by atoms with E-state index in [9.17, 15) is 4.79 Å². The molecule has 0 unspecified atom stereocenters. The van der Waals surface area contributed by atoms with Gasteiger partial charge in [0.1, 0.15) is 13.6 Å². The summed E-state index contributed by atoms with van der Waals surface area (Å²) in [7, 11) is 19.7. The maximum Gasteiger partial charge on any atom is 0.144 e. The minimum absolute atomic E-state index is 0.196. The smallest absolute Gasteiger partial charge is 0.144 e. The van der Waals surface area contributed by atoms with E-state index in [-0.39, 0.29) is 6.42 Å². The molecule has 3 atom stereocenters. The van der Waals surface area contributed by atoms with Crippen LogP contribution in [0.2, 0.25) is 5.21 Å². The first-order valence-corrected chi connectivity index (χ1v) is 7.79. The van der Waals surface area contributed by atoms with Crippen LogP contribution >= 0.6 is 0 Å². The van der Waals surface area contributed by atoms with Crippen molar-refractivity contribution in [2.75, 3.05) is 20.3 Å². The van der Waals surface area contributed by atoms with Gasteiger partial charge in [-0.15, -0.1) is 0 Å². The highest BCUT2D eigenvalue weighted by Gasteiger charge is 2.71. The zero-order chi connectivity index (χ0) is 17.7. The van der Waals surface area contributed by atoms with Gasteiger partial charge in [-0.2, -0.15) is 0 Å². The van der Waals surface area contributed by atoms with Crippen LogP contribution in [0.5, 0.6) is 0 Å². The highest BCUT2D eigenvalue weighted by Crippen LogP contribution is 2.59. The predicted molar refractivity (Wildman–Crippen MR) is 91.0 cm³/mol. The fraction of sp³-hybridized carbons (Fsp3) is 0.812. The van der Waals surface area contributed by atoms with Gasteiger partial charge in [-0.3, -0.25) is 4.79 Å². The first-order chi connectivity index (χ1) is 10.4. The molecule has 1 aliphatic heterocycles. The molecule has 2 aliphatic rings. The van der Waals surface area contributed by atoms with Gasteiger partial charge in [-0.25, -0.2) is 0 Å². The van der Waals surface area contributed by atoms with E-state index in [1.165, 1.54) is 7.11 Å². The third-order valence-electron chi connectivity index (χ3n) is 4.82. The summed E-state index contributed by atoms with van der Waals surface area (Å²) in [6, 6.07) is 0. The van der Waals surface area contributed by atoms with Crippen LogP contribution in [-0.4, -0.2) is 66.3 Å². The molecule has 0 amide bonds. The molecule has 7 heteroatoms. The van der Waals surface area contributed by atoms with Gasteiger partial charge in [0.2, 0.25) is 0 Å². The molecule has 23 heavy (non-hydrogen) atoms. The molecule has 2 fully saturated rings. The SMILES string of the molecule is [B]C1([B])C[C@]2(CO2)[C@@H](C(C)(C)OCC=C(C)C)[C@@]([B])(OC)C1=O. The number of carbonyl (C=O) groups excluding carboxylic acids is 1. The summed E-state index contributed by atoms with van der Waals surface area (Å²) in [6.45, 7) is 8.59. The molecule has 0 bridgehead atoms. The summed E-state index contributed by atoms with van der Waals surface area (Å²) in [5.41, 5.74) is -1.98. The number of hydrogen-bond donors (Lipinski definition) is 0. The molecule has 4 nitrogen and oxygen atoms in total. The van der Waals surface area contributed by atoms with Gasteiger partial charge in [-0.05, 0) is 39.3 Å². The number of hydrogen-bond acceptors (Lipinski definition) is 4. The summed E-state index contributed by atoms with van der Waals surface area (Å²) in [5, 5.41) is -1.58. The van der Waals surface area contributed by atoms with Crippen LogP contribution in [0.4, 0.5) is 0 Å². The highest BCUT2D eigenvalue weighted by molar-refractivity contribution is 6.55. The molecule has 1 aliphatic carbocycles. The monoisotopic (exact) mass is 312 g/mol. The van der Waals surface area contributed by atoms with E-state index in [0.29, 0.717) is 13.2 Å². The van der Waals surface area contributed by atoms with Crippen LogP contribution in [0.1, 0.15) is 34.1 Å². The Balaban J connectivity index is 2.37. The lowest BCUT2D eigenvalue weighted by molar-refractivity contribution is -0.174. The number of ether oxygens (including phenoxy) is 3. The largest absolute Gasteiger partial charge is 0.380 e. The van der Waals surface area contributed by atoms with Gasteiger partial charge in [0.25, 0.3) is 0 Å². The quantitative estimate of drug-likeness (QED) is 0.433. The van der Waals surface area contributed by atoms with Crippen molar-refractivity contribution in [3.63, 3.8) is 0 Å². The number of carbonyl (C=O) groups is 1. The number of rotatable bonds is 5. The molecule has 0 N–H and O–H groups in total. The van der Waals surface area contributed by atoms with E-state index >= 15 is 0 Å². The first kappa shape index (κ1) is 18.8. The van der Waals surface area contributed by atoms with Crippen molar-refractivity contribution in [2.45, 2.75) is 56.0 Å². The van der Waals surface area contributed by atoms with Crippen molar-refractivity contribution in [3.8, 4) is 0 Å². The molecule has 1 saturated heterocycles. The predicted octanol–water partition coefficient (Wildman–Crippen LogP) is 1.07. The van der Waals surface area contributed by atoms with Crippen LogP contribution in [0.25, 0.3) is 0 Å². The molecule has 1 heterocycles. The highest BCUT2D eigenvalue weighted by atomic mass is 16.6. The zero-order valence-electron chi connectivity index (χ0n) is 14.6. The molecule has 2 rings (SSSR count). The van der Waals surface area contributed by atoms with Crippen LogP contribution in [0.3, 0.4) is 0 Å². The number of epoxide rings is 1. The van der Waals surface area contributed by atoms with E-state index in [4.69, 9.17) is 37.7 Å². The molecule has 120 valence electrons. The second-order valence-corrected chi connectivity index (χ2v) is 7.53. The van der Waals surface area contributed by atoms with E-state index in [0.717, 1.165) is 5.57 Å². The second kappa shape index (κ2) is 5.78. The Labute approximate surface area is 142 Å². The van der Waals surface area contributed by atoms with Gasteiger partial charge in [0.05, 0.1) is 45.6 Å². The maximum absolute atomic E-state index is 12.7. The molecule has 0 aromatic carbocycles. The average molecular weight is 312 g/mol. The molecule has 1 spiro atoms. The number of allylic oxidation sites excluding steroid dienone is 1. The fourth-order valence-corrected chi connectivity index (χ4v) is 3.79. The van der Waals surface area contributed by atoms with Gasteiger partial charge in [0, 0.05) is 13.0 Å². The van der Waals surface area contributed by atoms with Crippen molar-refractivity contribution < 1.29 is 19.0 Å². The van der Waals surface area contributed by atoms with Crippen molar-refractivity contribution in [3.05, 3.63) is 11.6 Å². The molecule has 0 aromatic rings. The van der Waals surface area contributed by atoms with Gasteiger partial charge in [-0.1, -0.05) is 11.6 Å². The molecule has 6 radical (unpaired) electrons. The normalized spacial score (nSPS) is 36.0. The topological polar surface area (TPSA) is 48.1 Å². The number of methoxy groups -OCH3 is 1. The summed E-state index contributed by atoms with van der Waals surface area (Å²) < 4.78 is 17.1. The standard InChI is InChI=1S/C16H23B3O4/c1-10(2)6-7-22-13(3,4)11-14(9-23-14)8-15(17,18)12(20)16(11,19)21-5/h6,11H,7-9H2,1-5H3/t11-,14+,16-/m1/s1. The summed E-state index contributed by atoms with van der Waals surface area (Å²) in [5.74, 6) is -1.05. The van der Waals surface area contributed by atoms with Crippen molar-refractivity contribution in [1.82, 2.24) is 0 Å². The van der Waals surface area contributed by atoms with Gasteiger partial charge >= 0.3 is 0 Å². The number of ketones is 1. The molecular formula is C16H23B3O4. The Kier molecular flexibility index (Phi) is 4.73. The average Bonchev–Trinajstić information content (AvgIpc) is 3.14. The third kappa shape index (κ3) is 3.20. The van der Waals surface area contributed by atoms with E-state index < -0.39 is 33.6 Å². The van der Waals surface area contributed by atoms with Crippen LogP contribution in [-0.2, 0) is 19.0 Å². The van der Waals surface area contributed by atoms with Crippen molar-refractivity contribution in [1.29, 1.82) is 0 Å². The Bertz CT molecular complexity index is 521. The summed E-state index contributed by atoms with van der Waals surface area (Å²) in [6.07, 6.45) is 2.16. The Morgan fingerprint density at radius 1 is 1.39 bits per heavy atom. The van der Waals surface area contributed by atoms with Crippen LogP contribution < -0.4 is 0 Å². The van der Waals surface area contributed by atoms with Crippen LogP contribution in [0, 0.1) is 5.92 Å². The fourth-order valence-electron chi connectivity index (χ4n) is 3.79. The Morgan fingerprint density at radius 3 is 2.39 bits per heavy atom. The lowest BCUT2D eigenvalue weighted by atomic mass is 9.37. The minimum atomic E-state index is -1.66. The van der Waals surface area contributed by atoms with Crippen molar-refractivity contribution in [2.24, 2.45) is 5.92 Å². The zero-order valence-corrected chi connectivity index (χ0v) is 14.6. The maximum atomic E-state index is 12.7. The van der Waals surface area contributed by atoms with Crippen LogP contribution in [0.15, 0.2) is 11.6 Å². The third-order valence-corrected chi connectivity index (χ3v) is 4.82. The van der Waals surface area contributed by atoms with E-state index in [1.54, 1.807) is 0 Å². The Hall–Kier alpha value is -0.515. The lowest BCUT2D eigenvalue weighted by Gasteiger charge is -2.55. The number of Topliss-reactive ketones (excluding diaryl/α,β-unsaturated/α-hetero) is 1. The van der Waals surface area contributed by atoms with E-state index in [2.05, 4.69) is 0 Å². The summed E-state index contributed by atoms with van der Waals surface area (Å²) >= 11 is 0. The minimum Gasteiger partial charge on any atom is -0.380 e. The molecule has 0 aromatic heterocycles. The molecule has 1 saturated carbocycles.